The van der Waals surface area contributed by atoms with Gasteiger partial charge in [0.15, 0.2) is 0 Å². The van der Waals surface area contributed by atoms with Gasteiger partial charge in [0.1, 0.15) is 9.84 Å². The van der Waals surface area contributed by atoms with Crippen LogP contribution in [-0.2, 0) is 27.7 Å². The SMILES string of the molecule is CCS(=O)(=O)CC[C@H]1CN(c2cccc(Cl)c2)C(=O)CN1Cc1cncn1Cc1ccc(C#N)cc1. The van der Waals surface area contributed by atoms with E-state index in [1.807, 2.05) is 27.7 Å². The molecule has 0 aliphatic carbocycles. The highest BCUT2D eigenvalue weighted by molar-refractivity contribution is 7.91. The van der Waals surface area contributed by atoms with Crippen LogP contribution in [-0.4, -0.2) is 59.4 Å². The summed E-state index contributed by atoms with van der Waals surface area (Å²) >= 11 is 6.16. The lowest BCUT2D eigenvalue weighted by atomic mass is 10.1. The van der Waals surface area contributed by atoms with Gasteiger partial charge in [-0.05, 0) is 42.3 Å². The number of hydrogen-bond acceptors (Lipinski definition) is 6. The standard InChI is InChI=1S/C26H28ClN5O3S/c1-2-36(34,35)11-10-24-17-32(23-5-3-4-22(27)12-23)26(33)18-30(24)16-25-14-29-19-31(25)15-21-8-6-20(13-28)7-9-21/h3-9,12,14,19,24H,2,10-11,15-18H2,1H3/t24-/m0/s1. The lowest BCUT2D eigenvalue weighted by Gasteiger charge is -2.41. The summed E-state index contributed by atoms with van der Waals surface area (Å²) in [6.45, 7) is 3.22. The summed E-state index contributed by atoms with van der Waals surface area (Å²) in [6.07, 6.45) is 3.94. The van der Waals surface area contributed by atoms with Crippen molar-refractivity contribution in [2.24, 2.45) is 0 Å². The molecule has 3 aromatic rings. The van der Waals surface area contributed by atoms with E-state index in [1.165, 1.54) is 0 Å². The molecule has 1 aliphatic rings. The Bertz CT molecular complexity index is 1360. The summed E-state index contributed by atoms with van der Waals surface area (Å²) < 4.78 is 26.6. The third-order valence-electron chi connectivity index (χ3n) is 6.47. The van der Waals surface area contributed by atoms with Crippen molar-refractivity contribution in [2.75, 3.05) is 29.5 Å². The third kappa shape index (κ3) is 6.32. The Morgan fingerprint density at radius 2 is 1.94 bits per heavy atom. The van der Waals surface area contributed by atoms with Gasteiger partial charge in [0.05, 0.1) is 36.0 Å². The Balaban J connectivity index is 1.54. The van der Waals surface area contributed by atoms with Gasteiger partial charge in [-0.1, -0.05) is 36.7 Å². The molecule has 0 unspecified atom stereocenters. The number of carbonyl (C=O) groups excluding carboxylic acids is 1. The molecule has 188 valence electrons. The molecule has 0 N–H and O–H groups in total. The van der Waals surface area contributed by atoms with Crippen LogP contribution in [0.25, 0.3) is 0 Å². The Morgan fingerprint density at radius 1 is 1.17 bits per heavy atom. The second-order valence-corrected chi connectivity index (χ2v) is 11.8. The van der Waals surface area contributed by atoms with Gasteiger partial charge in [0, 0.05) is 48.3 Å². The first-order valence-electron chi connectivity index (χ1n) is 11.8. The van der Waals surface area contributed by atoms with Gasteiger partial charge >= 0.3 is 0 Å². The monoisotopic (exact) mass is 525 g/mol. The van der Waals surface area contributed by atoms with Crippen molar-refractivity contribution in [3.63, 3.8) is 0 Å². The minimum Gasteiger partial charge on any atom is -0.329 e. The Morgan fingerprint density at radius 3 is 2.64 bits per heavy atom. The van der Waals surface area contributed by atoms with E-state index in [4.69, 9.17) is 16.9 Å². The Kier molecular flexibility index (Phi) is 8.09. The van der Waals surface area contributed by atoms with Crippen molar-refractivity contribution >= 4 is 33.0 Å². The van der Waals surface area contributed by atoms with E-state index in [9.17, 15) is 13.2 Å². The average molecular weight is 526 g/mol. The zero-order chi connectivity index (χ0) is 25.7. The molecule has 2 heterocycles. The number of aromatic nitrogens is 2. The highest BCUT2D eigenvalue weighted by Gasteiger charge is 2.34. The number of anilines is 1. The number of benzene rings is 2. The molecule has 1 saturated heterocycles. The molecule has 4 rings (SSSR count). The van der Waals surface area contributed by atoms with Gasteiger partial charge in [-0.3, -0.25) is 9.69 Å². The third-order valence-corrected chi connectivity index (χ3v) is 8.44. The molecule has 1 aromatic heterocycles. The minimum atomic E-state index is -3.15. The fourth-order valence-electron chi connectivity index (χ4n) is 4.34. The van der Waals surface area contributed by atoms with Crippen molar-refractivity contribution in [1.82, 2.24) is 14.5 Å². The molecule has 8 nitrogen and oxygen atoms in total. The summed E-state index contributed by atoms with van der Waals surface area (Å²) in [5, 5.41) is 9.57. The van der Waals surface area contributed by atoms with E-state index in [0.29, 0.717) is 42.3 Å². The van der Waals surface area contributed by atoms with Crippen molar-refractivity contribution in [1.29, 1.82) is 5.26 Å². The quantitative estimate of drug-likeness (QED) is 0.424. The van der Waals surface area contributed by atoms with Gasteiger partial charge in [-0.15, -0.1) is 0 Å². The van der Waals surface area contributed by atoms with Crippen molar-refractivity contribution in [3.8, 4) is 6.07 Å². The maximum Gasteiger partial charge on any atom is 0.241 e. The fourth-order valence-corrected chi connectivity index (χ4v) is 5.44. The maximum atomic E-state index is 13.2. The minimum absolute atomic E-state index is 0.0622. The van der Waals surface area contributed by atoms with Gasteiger partial charge in [0.2, 0.25) is 5.91 Å². The Hall–Kier alpha value is -3.19. The molecule has 1 aliphatic heterocycles. The number of nitrogens with zero attached hydrogens (tertiary/aromatic N) is 5. The normalized spacial score (nSPS) is 16.8. The molecule has 1 atom stereocenters. The second-order valence-electron chi connectivity index (χ2n) is 8.89. The van der Waals surface area contributed by atoms with Crippen molar-refractivity contribution in [3.05, 3.63) is 82.9 Å². The van der Waals surface area contributed by atoms with Crippen molar-refractivity contribution in [2.45, 2.75) is 32.5 Å². The summed E-state index contributed by atoms with van der Waals surface area (Å²) in [4.78, 5) is 21.2. The van der Waals surface area contributed by atoms with Crippen LogP contribution < -0.4 is 4.90 Å². The maximum absolute atomic E-state index is 13.2. The van der Waals surface area contributed by atoms with E-state index in [2.05, 4.69) is 11.1 Å². The zero-order valence-electron chi connectivity index (χ0n) is 20.0. The lowest BCUT2D eigenvalue weighted by molar-refractivity contribution is -0.122. The zero-order valence-corrected chi connectivity index (χ0v) is 21.6. The lowest BCUT2D eigenvalue weighted by Crippen LogP contribution is -2.56. The summed E-state index contributed by atoms with van der Waals surface area (Å²) in [6, 6.07) is 16.5. The molecule has 1 fully saturated rings. The van der Waals surface area contributed by atoms with E-state index in [1.54, 1.807) is 54.7 Å². The summed E-state index contributed by atoms with van der Waals surface area (Å²) in [7, 11) is -3.15. The summed E-state index contributed by atoms with van der Waals surface area (Å²) in [5.41, 5.74) is 3.26. The average Bonchev–Trinajstić information content (AvgIpc) is 3.30. The molecule has 0 saturated carbocycles. The van der Waals surface area contributed by atoms with Crippen LogP contribution in [0, 0.1) is 11.3 Å². The smallest absolute Gasteiger partial charge is 0.241 e. The molecule has 0 bridgehead atoms. The first-order chi connectivity index (χ1) is 17.3. The number of rotatable bonds is 9. The molecule has 36 heavy (non-hydrogen) atoms. The van der Waals surface area contributed by atoms with Gasteiger partial charge in [0.25, 0.3) is 0 Å². The van der Waals surface area contributed by atoms with Crippen LogP contribution in [0.3, 0.4) is 0 Å². The fraction of sp³-hybridized carbons (Fsp3) is 0.346. The molecule has 0 radical (unpaired) electrons. The number of carbonyl (C=O) groups is 1. The first kappa shape index (κ1) is 25.9. The van der Waals surface area contributed by atoms with Crippen LogP contribution in [0.1, 0.15) is 30.2 Å². The van der Waals surface area contributed by atoms with Crippen LogP contribution in [0.15, 0.2) is 61.1 Å². The number of amides is 1. The molecule has 0 spiro atoms. The molecule has 1 amide bonds. The highest BCUT2D eigenvalue weighted by Crippen LogP contribution is 2.26. The molecular formula is C26H28ClN5O3S. The van der Waals surface area contributed by atoms with Gasteiger partial charge < -0.3 is 9.47 Å². The molecule has 10 heteroatoms. The van der Waals surface area contributed by atoms with E-state index in [-0.39, 0.29) is 30.0 Å². The number of halogens is 1. The summed E-state index contributed by atoms with van der Waals surface area (Å²) in [5.74, 6) is 0.0887. The van der Waals surface area contributed by atoms with Crippen LogP contribution in [0.4, 0.5) is 5.69 Å². The number of piperazine rings is 1. The van der Waals surface area contributed by atoms with Crippen LogP contribution in [0.2, 0.25) is 5.02 Å². The predicted octanol–water partition coefficient (Wildman–Crippen LogP) is 3.50. The highest BCUT2D eigenvalue weighted by atomic mass is 35.5. The topological polar surface area (TPSA) is 99.3 Å². The van der Waals surface area contributed by atoms with E-state index < -0.39 is 9.84 Å². The van der Waals surface area contributed by atoms with E-state index >= 15 is 0 Å². The van der Waals surface area contributed by atoms with Gasteiger partial charge in [-0.25, -0.2) is 13.4 Å². The number of sulfone groups is 1. The van der Waals surface area contributed by atoms with E-state index in [0.717, 1.165) is 11.3 Å². The second kappa shape index (κ2) is 11.2. The van der Waals surface area contributed by atoms with Crippen LogP contribution >= 0.6 is 11.6 Å². The van der Waals surface area contributed by atoms with Gasteiger partial charge in [-0.2, -0.15) is 5.26 Å². The number of nitriles is 1. The first-order valence-corrected chi connectivity index (χ1v) is 14.0. The van der Waals surface area contributed by atoms with Crippen LogP contribution in [0.5, 0.6) is 0 Å². The largest absolute Gasteiger partial charge is 0.329 e. The molecule has 2 aromatic carbocycles. The number of imidazole rings is 1. The number of hydrogen-bond donors (Lipinski definition) is 0. The molecular weight excluding hydrogens is 498 g/mol. The van der Waals surface area contributed by atoms with Crippen molar-refractivity contribution < 1.29 is 13.2 Å². The predicted molar refractivity (Wildman–Crippen MR) is 139 cm³/mol. The Labute approximate surface area is 216 Å².